The second-order valence-electron chi connectivity index (χ2n) is 12.0. The third-order valence-corrected chi connectivity index (χ3v) is 7.95. The van der Waals surface area contributed by atoms with Crippen LogP contribution in [0, 0.1) is 11.7 Å². The Hall–Kier alpha value is -6.40. The summed E-state index contributed by atoms with van der Waals surface area (Å²) in [5.41, 5.74) is 15.2. The fourth-order valence-electron chi connectivity index (χ4n) is 4.99. The van der Waals surface area contributed by atoms with Crippen molar-refractivity contribution in [1.82, 2.24) is 15.0 Å². The molecule has 0 saturated heterocycles. The number of hydrogen-bond donors (Lipinski definition) is 6. The Balaban J connectivity index is 0.000000410. The number of nitrogens with zero attached hydrogens (tertiary/aromatic N) is 2. The fraction of sp³-hybridized carbons (Fsp3) is 0.250. The molecule has 0 aliphatic heterocycles. The number of nitrogen functional groups attached to an aromatic ring is 1. The molecule has 19 heteroatoms. The number of aryl methyl sites for hydroxylation is 1. The van der Waals surface area contributed by atoms with Crippen molar-refractivity contribution in [2.75, 3.05) is 17.7 Å². The molecule has 5 aromatic rings. The number of benzene rings is 3. The van der Waals surface area contributed by atoms with E-state index in [1.54, 1.807) is 36.7 Å². The zero-order valence-corrected chi connectivity index (χ0v) is 28.6. The average molecular weight is 779 g/mol. The second kappa shape index (κ2) is 17.2. The number of carbonyl (C=O) groups excluding carboxylic acids is 1. The number of fused-ring (bicyclic) bond motifs is 1. The molecule has 2 heterocycles. The first kappa shape index (κ1) is 41.4. The molecule has 1 saturated carbocycles. The minimum atomic E-state index is -5.08. The standard InChI is InChI=1S/C32H31FN6O2.2C2HF3O2/c1-2-18-13-25(28(33)27(14-18)41-17-19-7-8-19)29(38-21-9-10-22-20(15-21)11-12-36-30(22)34)32-37-16-26(39-32)23-5-3-4-6-24(23)31(35)40;2*3-2(4,5)1(6)7/h3-6,9-16,19,29,38H,2,7-8,17H2,1H3,(H2,34,36)(H2,35,40)(H,37,39);2*(H,6,7). The SMILES string of the molecule is CCc1cc(OCC2CC2)c(F)c(C(Nc2ccc3c(N)nccc3c2)c2nc(-c3ccccc3C(N)=O)c[nH]2)c1.O=C(O)C(F)(F)F.O=C(O)C(F)(F)F. The maximum Gasteiger partial charge on any atom is 0.490 e. The predicted octanol–water partition coefficient (Wildman–Crippen LogP) is 7.26. The number of carboxylic acid groups (broad SMARTS) is 2. The Bertz CT molecular complexity index is 2150. The van der Waals surface area contributed by atoms with Crippen molar-refractivity contribution in [2.45, 2.75) is 44.6 Å². The molecule has 1 atom stereocenters. The van der Waals surface area contributed by atoms with Gasteiger partial charge in [0.15, 0.2) is 11.6 Å². The van der Waals surface area contributed by atoms with Crippen LogP contribution in [0.25, 0.3) is 22.0 Å². The molecule has 0 bridgehead atoms. The first-order valence-electron chi connectivity index (χ1n) is 16.2. The van der Waals surface area contributed by atoms with Crippen molar-refractivity contribution >= 4 is 40.1 Å². The number of aromatic amines is 1. The van der Waals surface area contributed by atoms with Gasteiger partial charge in [-0.25, -0.2) is 23.9 Å². The van der Waals surface area contributed by atoms with Gasteiger partial charge in [-0.2, -0.15) is 26.3 Å². The zero-order chi connectivity index (χ0) is 40.7. The highest BCUT2D eigenvalue weighted by atomic mass is 19.4. The number of carbonyl (C=O) groups is 3. The van der Waals surface area contributed by atoms with E-state index in [-0.39, 0.29) is 5.75 Å². The number of pyridine rings is 1. The largest absolute Gasteiger partial charge is 0.490 e. The first-order chi connectivity index (χ1) is 25.8. The minimum absolute atomic E-state index is 0.237. The molecule has 292 valence electrons. The number of nitrogens with one attached hydrogen (secondary N) is 2. The molecule has 55 heavy (non-hydrogen) atoms. The van der Waals surface area contributed by atoms with Crippen molar-refractivity contribution in [3.05, 3.63) is 101 Å². The highest BCUT2D eigenvalue weighted by molar-refractivity contribution is 5.99. The van der Waals surface area contributed by atoms with Crippen molar-refractivity contribution in [3.8, 4) is 17.0 Å². The number of anilines is 2. The van der Waals surface area contributed by atoms with Gasteiger partial charge in [0.05, 0.1) is 12.3 Å². The Morgan fingerprint density at radius 3 is 2.20 bits per heavy atom. The number of H-pyrrole nitrogens is 1. The number of rotatable bonds is 10. The van der Waals surface area contributed by atoms with E-state index in [1.165, 1.54) is 0 Å². The van der Waals surface area contributed by atoms with Gasteiger partial charge >= 0.3 is 24.3 Å². The topological polar surface area (TPSA) is 207 Å². The van der Waals surface area contributed by atoms with Gasteiger partial charge in [-0.05, 0) is 72.5 Å². The maximum atomic E-state index is 16.2. The van der Waals surface area contributed by atoms with E-state index in [4.69, 9.17) is 41.0 Å². The number of amides is 1. The fourth-order valence-corrected chi connectivity index (χ4v) is 4.99. The zero-order valence-electron chi connectivity index (χ0n) is 28.6. The lowest BCUT2D eigenvalue weighted by Gasteiger charge is -2.22. The summed E-state index contributed by atoms with van der Waals surface area (Å²) in [6.07, 6.45) is -3.89. The van der Waals surface area contributed by atoms with Gasteiger partial charge in [-0.3, -0.25) is 4.79 Å². The van der Waals surface area contributed by atoms with E-state index >= 15 is 4.39 Å². The van der Waals surface area contributed by atoms with E-state index in [0.29, 0.717) is 53.0 Å². The molecule has 8 N–H and O–H groups in total. The van der Waals surface area contributed by atoms with Crippen molar-refractivity contribution in [2.24, 2.45) is 11.7 Å². The number of imidazole rings is 1. The van der Waals surface area contributed by atoms with Crippen molar-refractivity contribution in [1.29, 1.82) is 0 Å². The van der Waals surface area contributed by atoms with Gasteiger partial charge in [0.25, 0.3) is 0 Å². The third kappa shape index (κ3) is 11.1. The third-order valence-electron chi connectivity index (χ3n) is 7.95. The number of primary amides is 1. The van der Waals surface area contributed by atoms with Crippen LogP contribution in [0.4, 0.5) is 42.2 Å². The Kier molecular flexibility index (Phi) is 12.9. The summed E-state index contributed by atoms with van der Waals surface area (Å²) in [5, 5.41) is 19.5. The van der Waals surface area contributed by atoms with Gasteiger partial charge < -0.3 is 36.7 Å². The van der Waals surface area contributed by atoms with Gasteiger partial charge in [-0.1, -0.05) is 31.2 Å². The minimum Gasteiger partial charge on any atom is -0.490 e. The molecule has 6 rings (SSSR count). The number of alkyl halides is 6. The van der Waals surface area contributed by atoms with Gasteiger partial charge in [0, 0.05) is 40.2 Å². The Morgan fingerprint density at radius 2 is 1.62 bits per heavy atom. The monoisotopic (exact) mass is 778 g/mol. The van der Waals surface area contributed by atoms with Crippen LogP contribution < -0.4 is 21.5 Å². The summed E-state index contributed by atoms with van der Waals surface area (Å²) < 4.78 is 85.6. The normalized spacial score (nSPS) is 13.1. The van der Waals surface area contributed by atoms with E-state index in [1.807, 2.05) is 43.3 Å². The lowest BCUT2D eigenvalue weighted by molar-refractivity contribution is -0.193. The molecule has 1 aliphatic carbocycles. The van der Waals surface area contributed by atoms with E-state index in [2.05, 4.69) is 15.3 Å². The maximum absolute atomic E-state index is 16.2. The molecule has 0 radical (unpaired) electrons. The van der Waals surface area contributed by atoms with Crippen LogP contribution in [0.2, 0.25) is 0 Å². The molecule has 1 aliphatic rings. The molecule has 12 nitrogen and oxygen atoms in total. The van der Waals surface area contributed by atoms with Crippen LogP contribution in [-0.4, -0.2) is 62.0 Å². The Labute approximate surface area is 307 Å². The number of hydrogen-bond acceptors (Lipinski definition) is 8. The number of carboxylic acids is 2. The summed E-state index contributed by atoms with van der Waals surface area (Å²) in [6.45, 7) is 2.52. The second-order valence-corrected chi connectivity index (χ2v) is 12.0. The summed E-state index contributed by atoms with van der Waals surface area (Å²) >= 11 is 0. The van der Waals surface area contributed by atoms with E-state index < -0.39 is 42.1 Å². The number of ether oxygens (including phenoxy) is 1. The van der Waals surface area contributed by atoms with Gasteiger partial charge in [-0.15, -0.1) is 0 Å². The quantitative estimate of drug-likeness (QED) is 0.0782. The van der Waals surface area contributed by atoms with Crippen molar-refractivity contribution in [3.63, 3.8) is 0 Å². The van der Waals surface area contributed by atoms with E-state index in [9.17, 15) is 31.1 Å². The number of halogens is 7. The van der Waals surface area contributed by atoms with E-state index in [0.717, 1.165) is 34.9 Å². The Morgan fingerprint density at radius 1 is 0.982 bits per heavy atom. The van der Waals surface area contributed by atoms with Gasteiger partial charge in [0.1, 0.15) is 17.7 Å². The number of aromatic nitrogens is 3. The smallest absolute Gasteiger partial charge is 0.490 e. The highest BCUT2D eigenvalue weighted by Crippen LogP contribution is 2.36. The average Bonchev–Trinajstić information content (AvgIpc) is 3.83. The molecule has 3 aromatic carbocycles. The molecule has 1 unspecified atom stereocenters. The number of aliphatic carboxylic acids is 2. The lowest BCUT2D eigenvalue weighted by atomic mass is 9.99. The molecular formula is C36H33F7N6O6. The summed E-state index contributed by atoms with van der Waals surface area (Å²) in [6, 6.07) is 17.5. The molecule has 2 aromatic heterocycles. The van der Waals surface area contributed by atoms with Crippen LogP contribution in [0.3, 0.4) is 0 Å². The molecular weight excluding hydrogens is 745 g/mol. The molecule has 0 spiro atoms. The predicted molar refractivity (Wildman–Crippen MR) is 186 cm³/mol. The molecule has 1 fully saturated rings. The van der Waals surface area contributed by atoms with Gasteiger partial charge in [0.2, 0.25) is 5.91 Å². The van der Waals surface area contributed by atoms with Crippen LogP contribution in [0.1, 0.15) is 53.1 Å². The van der Waals surface area contributed by atoms with Crippen LogP contribution in [0.15, 0.2) is 73.1 Å². The lowest BCUT2D eigenvalue weighted by Crippen LogP contribution is -2.21. The summed E-state index contributed by atoms with van der Waals surface area (Å²) in [5.74, 6) is -4.88. The van der Waals surface area contributed by atoms with Crippen LogP contribution in [0.5, 0.6) is 5.75 Å². The summed E-state index contributed by atoms with van der Waals surface area (Å²) in [7, 11) is 0. The summed E-state index contributed by atoms with van der Waals surface area (Å²) in [4.78, 5) is 42.1. The van der Waals surface area contributed by atoms with Crippen LogP contribution in [-0.2, 0) is 16.0 Å². The number of nitrogens with two attached hydrogens (primary N) is 2. The molecule has 1 amide bonds. The first-order valence-corrected chi connectivity index (χ1v) is 16.2. The highest BCUT2D eigenvalue weighted by Gasteiger charge is 2.39. The van der Waals surface area contributed by atoms with Crippen LogP contribution >= 0.6 is 0 Å². The van der Waals surface area contributed by atoms with Crippen molar-refractivity contribution < 1.29 is 60.1 Å².